The molecule has 0 bridgehead atoms. The highest BCUT2D eigenvalue weighted by Crippen LogP contribution is 2.42. The summed E-state index contributed by atoms with van der Waals surface area (Å²) >= 11 is 0. The van der Waals surface area contributed by atoms with Crippen molar-refractivity contribution in [2.45, 2.75) is 51.6 Å². The van der Waals surface area contributed by atoms with Crippen LogP contribution in [0.15, 0.2) is 12.4 Å². The lowest BCUT2D eigenvalue weighted by molar-refractivity contribution is -0.146. The van der Waals surface area contributed by atoms with Crippen molar-refractivity contribution in [1.29, 1.82) is 0 Å². The first-order chi connectivity index (χ1) is 14.0. The molecule has 0 aromatic carbocycles. The minimum Gasteiger partial charge on any atom is -0.375 e. The van der Waals surface area contributed by atoms with Gasteiger partial charge < -0.3 is 14.6 Å². The zero-order chi connectivity index (χ0) is 20.4. The van der Waals surface area contributed by atoms with Crippen LogP contribution in [-0.2, 0) is 34.5 Å². The Balaban J connectivity index is 1.47. The number of nitrogens with zero attached hydrogens (tertiary/aromatic N) is 4. The number of amides is 1. The van der Waals surface area contributed by atoms with Crippen LogP contribution in [0.1, 0.15) is 49.5 Å². The van der Waals surface area contributed by atoms with Crippen LogP contribution in [-0.4, -0.2) is 69.2 Å². The monoisotopic (exact) mass is 400 g/mol. The minimum atomic E-state index is -0.323. The van der Waals surface area contributed by atoms with E-state index in [-0.39, 0.29) is 18.1 Å². The number of piperidine rings is 1. The number of fused-ring (bicyclic) bond motifs is 2. The number of rotatable bonds is 6. The highest BCUT2D eigenvalue weighted by atomic mass is 16.5. The van der Waals surface area contributed by atoms with E-state index in [4.69, 9.17) is 4.74 Å². The summed E-state index contributed by atoms with van der Waals surface area (Å²) in [5.74, 6) is 0.660. The molecule has 2 aromatic rings. The summed E-state index contributed by atoms with van der Waals surface area (Å²) in [7, 11) is 1.58. The summed E-state index contributed by atoms with van der Waals surface area (Å²) in [6, 6.07) is 2.19. The molecule has 1 saturated heterocycles. The quantitative estimate of drug-likeness (QED) is 0.772. The second kappa shape index (κ2) is 8.28. The van der Waals surface area contributed by atoms with Crippen LogP contribution < -0.4 is 0 Å². The highest BCUT2D eigenvalue weighted by molar-refractivity contribution is 5.79. The van der Waals surface area contributed by atoms with Gasteiger partial charge in [0.1, 0.15) is 6.61 Å². The third-order valence-electron chi connectivity index (χ3n) is 6.21. The molecule has 1 fully saturated rings. The number of aromatic amines is 2. The van der Waals surface area contributed by atoms with Crippen molar-refractivity contribution in [2.24, 2.45) is 5.92 Å². The lowest BCUT2D eigenvalue weighted by Gasteiger charge is -2.50. The van der Waals surface area contributed by atoms with Crippen molar-refractivity contribution < 1.29 is 9.53 Å². The predicted octanol–water partition coefficient (Wildman–Crippen LogP) is 1.85. The summed E-state index contributed by atoms with van der Waals surface area (Å²) in [6.07, 6.45) is 5.35. The summed E-state index contributed by atoms with van der Waals surface area (Å²) < 4.78 is 5.15. The molecule has 8 nitrogen and oxygen atoms in total. The van der Waals surface area contributed by atoms with E-state index in [1.165, 1.54) is 5.69 Å². The zero-order valence-electron chi connectivity index (χ0n) is 17.7. The molecule has 8 heteroatoms. The van der Waals surface area contributed by atoms with E-state index in [1.54, 1.807) is 13.4 Å². The summed E-state index contributed by atoms with van der Waals surface area (Å²) in [5, 5.41) is 7.65. The molecule has 1 amide bonds. The summed E-state index contributed by atoms with van der Waals surface area (Å²) in [6.45, 7) is 7.96. The highest BCUT2D eigenvalue weighted by Gasteiger charge is 2.48. The molecular formula is C21H32N6O2. The number of methoxy groups -OCH3 is 1. The van der Waals surface area contributed by atoms with Gasteiger partial charge in [0.2, 0.25) is 5.91 Å². The number of hydrogen-bond donors (Lipinski definition) is 2. The normalized spacial score (nSPS) is 19.1. The number of ether oxygens (including phenoxy) is 1. The van der Waals surface area contributed by atoms with Crippen LogP contribution in [0.25, 0.3) is 0 Å². The molecule has 0 aliphatic carbocycles. The Morgan fingerprint density at radius 1 is 1.31 bits per heavy atom. The minimum absolute atomic E-state index is 0.0569. The maximum absolute atomic E-state index is 12.8. The molecule has 0 saturated carbocycles. The van der Waals surface area contributed by atoms with Crippen LogP contribution in [0, 0.1) is 5.92 Å². The van der Waals surface area contributed by atoms with Gasteiger partial charge in [-0.2, -0.15) is 5.10 Å². The fourth-order valence-electron chi connectivity index (χ4n) is 4.88. The maximum atomic E-state index is 12.8. The van der Waals surface area contributed by atoms with E-state index in [9.17, 15) is 4.79 Å². The number of likely N-dealkylation sites (tertiary alicyclic amines) is 1. The Labute approximate surface area is 172 Å². The molecule has 4 rings (SSSR count). The van der Waals surface area contributed by atoms with Crippen LogP contribution in [0.4, 0.5) is 0 Å². The molecule has 0 radical (unpaired) electrons. The van der Waals surface area contributed by atoms with E-state index in [2.05, 4.69) is 45.0 Å². The van der Waals surface area contributed by atoms with Gasteiger partial charge in [0, 0.05) is 51.1 Å². The molecule has 158 valence electrons. The van der Waals surface area contributed by atoms with Gasteiger partial charge in [0.05, 0.1) is 23.3 Å². The average molecular weight is 401 g/mol. The number of imidazole rings is 1. The lowest BCUT2D eigenvalue weighted by Crippen LogP contribution is -2.58. The van der Waals surface area contributed by atoms with E-state index in [0.717, 1.165) is 68.9 Å². The second-order valence-electron chi connectivity index (χ2n) is 8.75. The Morgan fingerprint density at radius 2 is 2.10 bits per heavy atom. The Morgan fingerprint density at radius 3 is 2.83 bits per heavy atom. The van der Waals surface area contributed by atoms with E-state index in [1.807, 2.05) is 4.90 Å². The van der Waals surface area contributed by atoms with Gasteiger partial charge in [-0.1, -0.05) is 13.8 Å². The molecule has 2 aliphatic heterocycles. The Hall–Kier alpha value is -2.19. The molecule has 2 aliphatic rings. The van der Waals surface area contributed by atoms with E-state index >= 15 is 0 Å². The molecular weight excluding hydrogens is 368 g/mol. The molecule has 2 aromatic heterocycles. The van der Waals surface area contributed by atoms with Gasteiger partial charge in [0.25, 0.3) is 0 Å². The topological polar surface area (TPSA) is 90.1 Å². The average Bonchev–Trinajstić information content (AvgIpc) is 3.33. The Bertz CT molecular complexity index is 834. The van der Waals surface area contributed by atoms with E-state index in [0.29, 0.717) is 5.92 Å². The molecule has 29 heavy (non-hydrogen) atoms. The molecule has 2 N–H and O–H groups in total. The second-order valence-corrected chi connectivity index (χ2v) is 8.75. The number of nitrogens with one attached hydrogen (secondary N) is 2. The van der Waals surface area contributed by atoms with E-state index < -0.39 is 0 Å². The first kappa shape index (κ1) is 20.1. The third-order valence-corrected chi connectivity index (χ3v) is 6.21. The van der Waals surface area contributed by atoms with Gasteiger partial charge >= 0.3 is 0 Å². The van der Waals surface area contributed by atoms with Crippen LogP contribution in [0.3, 0.4) is 0 Å². The number of aromatic nitrogens is 4. The van der Waals surface area contributed by atoms with Gasteiger partial charge in [-0.3, -0.25) is 14.8 Å². The molecule has 1 spiro atoms. The van der Waals surface area contributed by atoms with Crippen LogP contribution in [0.5, 0.6) is 0 Å². The van der Waals surface area contributed by atoms with Crippen molar-refractivity contribution in [1.82, 2.24) is 30.0 Å². The number of H-pyrrole nitrogens is 2. The number of carbonyl (C=O) groups excluding carboxylic acids is 1. The largest absolute Gasteiger partial charge is 0.375 e. The maximum Gasteiger partial charge on any atom is 0.249 e. The molecule has 0 unspecified atom stereocenters. The standard InChI is InChI=1S/C21H32N6O2/c1-15(2)10-16-11-17(25-24-16)12-26-8-5-21(6-9-26)20-18(22-14-23-20)4-7-27(21)19(28)13-29-3/h11,14-15H,4-10,12-13H2,1-3H3,(H,22,23)(H,24,25). The van der Waals surface area contributed by atoms with Crippen molar-refractivity contribution >= 4 is 5.91 Å². The lowest BCUT2D eigenvalue weighted by atomic mass is 9.78. The molecule has 0 atom stereocenters. The molecule has 4 heterocycles. The fourth-order valence-corrected chi connectivity index (χ4v) is 4.88. The number of carbonyl (C=O) groups is 1. The predicted molar refractivity (Wildman–Crippen MR) is 109 cm³/mol. The van der Waals surface area contributed by atoms with Crippen LogP contribution in [0.2, 0.25) is 0 Å². The summed E-state index contributed by atoms with van der Waals surface area (Å²) in [5.41, 5.74) is 4.19. The van der Waals surface area contributed by atoms with Crippen LogP contribution >= 0.6 is 0 Å². The Kier molecular flexibility index (Phi) is 5.74. The number of hydrogen-bond acceptors (Lipinski definition) is 5. The SMILES string of the molecule is COCC(=O)N1CCc2[nH]cnc2C12CCN(Cc1cc(CC(C)C)n[nH]1)CC2. The van der Waals surface area contributed by atoms with Crippen molar-refractivity contribution in [2.75, 3.05) is 33.4 Å². The van der Waals surface area contributed by atoms with Crippen molar-refractivity contribution in [3.8, 4) is 0 Å². The smallest absolute Gasteiger partial charge is 0.249 e. The van der Waals surface area contributed by atoms with Gasteiger partial charge in [-0.15, -0.1) is 0 Å². The van der Waals surface area contributed by atoms with Crippen molar-refractivity contribution in [3.05, 3.63) is 35.2 Å². The first-order valence-corrected chi connectivity index (χ1v) is 10.6. The van der Waals surface area contributed by atoms with Gasteiger partial charge in [-0.05, 0) is 31.2 Å². The third kappa shape index (κ3) is 3.96. The first-order valence-electron chi connectivity index (χ1n) is 10.6. The fraction of sp³-hybridized carbons (Fsp3) is 0.667. The van der Waals surface area contributed by atoms with Gasteiger partial charge in [-0.25, -0.2) is 4.98 Å². The zero-order valence-corrected chi connectivity index (χ0v) is 17.7. The van der Waals surface area contributed by atoms with Crippen molar-refractivity contribution in [3.63, 3.8) is 0 Å². The van der Waals surface area contributed by atoms with Gasteiger partial charge in [0.15, 0.2) is 0 Å². The summed E-state index contributed by atoms with van der Waals surface area (Å²) in [4.78, 5) is 25.2.